The quantitative estimate of drug-likeness (QED) is 0.515. The molecule has 0 amide bonds. The summed E-state index contributed by atoms with van der Waals surface area (Å²) in [4.78, 5) is 25.6. The fourth-order valence-corrected chi connectivity index (χ4v) is 5.75. The Hall–Kier alpha value is -1.14. The van der Waals surface area contributed by atoms with Crippen molar-refractivity contribution in [1.29, 1.82) is 0 Å². The molecular weight excluding hydrogens is 416 g/mol. The number of piperidine rings is 2. The molecule has 0 spiro atoms. The third-order valence-corrected chi connectivity index (χ3v) is 8.03. The molecule has 0 bridgehead atoms. The summed E-state index contributed by atoms with van der Waals surface area (Å²) in [5, 5.41) is 7.46. The molecule has 0 aliphatic carbocycles. The zero-order valence-electron chi connectivity index (χ0n) is 23.1. The van der Waals surface area contributed by atoms with E-state index >= 15 is 0 Å². The summed E-state index contributed by atoms with van der Waals surface area (Å²) in [6, 6.07) is 0. The first-order valence-corrected chi connectivity index (χ1v) is 12.8. The van der Waals surface area contributed by atoms with Crippen LogP contribution in [-0.2, 0) is 19.1 Å². The number of rotatable bonds is 7. The van der Waals surface area contributed by atoms with Gasteiger partial charge in [-0.3, -0.25) is 9.59 Å². The Bertz CT molecular complexity index is 717. The SMILES string of the molecule is CC(CC(=O)OC1CC(C)(C)NC(C)(C(C)C)C1)C(=O)OC1CC(C)(C)NC(C)(C(C)C)C1. The highest BCUT2D eigenvalue weighted by Gasteiger charge is 2.45. The summed E-state index contributed by atoms with van der Waals surface area (Å²) in [6.45, 7) is 23.5. The number of ether oxygens (including phenoxy) is 2. The second-order valence-corrected chi connectivity index (χ2v) is 13.3. The van der Waals surface area contributed by atoms with Gasteiger partial charge in [-0.2, -0.15) is 0 Å². The van der Waals surface area contributed by atoms with Gasteiger partial charge in [-0.05, 0) is 53.4 Å². The van der Waals surface area contributed by atoms with Crippen LogP contribution in [0, 0.1) is 17.8 Å². The van der Waals surface area contributed by atoms with E-state index in [1.54, 1.807) is 6.92 Å². The molecular formula is C27H50N2O4. The van der Waals surface area contributed by atoms with Crippen LogP contribution < -0.4 is 10.6 Å². The van der Waals surface area contributed by atoms with Crippen molar-refractivity contribution in [1.82, 2.24) is 10.6 Å². The summed E-state index contributed by atoms with van der Waals surface area (Å²) in [5.41, 5.74) is -0.422. The maximum absolute atomic E-state index is 12.9. The summed E-state index contributed by atoms with van der Waals surface area (Å²) < 4.78 is 11.8. The van der Waals surface area contributed by atoms with Crippen LogP contribution in [-0.4, -0.2) is 46.3 Å². The van der Waals surface area contributed by atoms with E-state index in [1.165, 1.54) is 0 Å². The largest absolute Gasteiger partial charge is 0.462 e. The van der Waals surface area contributed by atoms with E-state index in [9.17, 15) is 9.59 Å². The van der Waals surface area contributed by atoms with Gasteiger partial charge in [-0.1, -0.05) is 34.6 Å². The fraction of sp³-hybridized carbons (Fsp3) is 0.926. The van der Waals surface area contributed by atoms with Gasteiger partial charge >= 0.3 is 11.9 Å². The van der Waals surface area contributed by atoms with E-state index in [2.05, 4.69) is 79.9 Å². The van der Waals surface area contributed by atoms with E-state index in [0.717, 1.165) is 25.7 Å². The first-order valence-electron chi connectivity index (χ1n) is 12.8. The molecule has 0 saturated carbocycles. The summed E-state index contributed by atoms with van der Waals surface area (Å²) >= 11 is 0. The van der Waals surface area contributed by atoms with Crippen LogP contribution in [0.25, 0.3) is 0 Å². The fourth-order valence-electron chi connectivity index (χ4n) is 5.75. The lowest BCUT2D eigenvalue weighted by Crippen LogP contribution is -2.63. The lowest BCUT2D eigenvalue weighted by Gasteiger charge is -2.50. The first kappa shape index (κ1) is 28.1. The van der Waals surface area contributed by atoms with Crippen molar-refractivity contribution in [2.75, 3.05) is 0 Å². The Morgan fingerprint density at radius 2 is 1.12 bits per heavy atom. The minimum absolute atomic E-state index is 0.0530. The zero-order valence-corrected chi connectivity index (χ0v) is 23.1. The Balaban J connectivity index is 1.94. The third kappa shape index (κ3) is 7.42. The predicted octanol–water partition coefficient (Wildman–Crippen LogP) is 4.99. The average molecular weight is 467 g/mol. The minimum atomic E-state index is -0.521. The molecule has 6 heteroatoms. The van der Waals surface area contributed by atoms with Gasteiger partial charge in [0, 0.05) is 47.8 Å². The molecule has 2 aliphatic rings. The molecule has 5 unspecified atom stereocenters. The van der Waals surface area contributed by atoms with Gasteiger partial charge in [-0.25, -0.2) is 0 Å². The Kier molecular flexibility index (Phi) is 8.39. The van der Waals surface area contributed by atoms with Crippen molar-refractivity contribution in [2.45, 2.75) is 143 Å². The minimum Gasteiger partial charge on any atom is -0.462 e. The smallest absolute Gasteiger partial charge is 0.309 e. The van der Waals surface area contributed by atoms with Crippen molar-refractivity contribution < 1.29 is 19.1 Å². The van der Waals surface area contributed by atoms with Crippen molar-refractivity contribution in [3.05, 3.63) is 0 Å². The van der Waals surface area contributed by atoms with Crippen LogP contribution in [0.15, 0.2) is 0 Å². The summed E-state index contributed by atoms with van der Waals surface area (Å²) in [7, 11) is 0. The molecule has 0 aromatic rings. The second-order valence-electron chi connectivity index (χ2n) is 13.3. The van der Waals surface area contributed by atoms with E-state index in [0.29, 0.717) is 11.8 Å². The predicted molar refractivity (Wildman–Crippen MR) is 133 cm³/mol. The first-order chi connectivity index (χ1) is 14.9. The normalized spacial score (nSPS) is 34.7. The van der Waals surface area contributed by atoms with Crippen LogP contribution in [0.2, 0.25) is 0 Å². The molecule has 2 heterocycles. The number of carbonyl (C=O) groups is 2. The van der Waals surface area contributed by atoms with Crippen LogP contribution in [0.4, 0.5) is 0 Å². The van der Waals surface area contributed by atoms with Gasteiger partial charge in [0.25, 0.3) is 0 Å². The number of carbonyl (C=O) groups excluding carboxylic acids is 2. The Morgan fingerprint density at radius 3 is 1.52 bits per heavy atom. The monoisotopic (exact) mass is 466 g/mol. The van der Waals surface area contributed by atoms with Gasteiger partial charge in [-0.15, -0.1) is 0 Å². The second kappa shape index (κ2) is 9.85. The number of esters is 2. The molecule has 2 rings (SSSR count). The molecule has 33 heavy (non-hydrogen) atoms. The van der Waals surface area contributed by atoms with Gasteiger partial charge in [0.05, 0.1) is 12.3 Å². The van der Waals surface area contributed by atoms with Crippen LogP contribution in [0.3, 0.4) is 0 Å². The molecule has 2 N–H and O–H groups in total. The molecule has 6 nitrogen and oxygen atoms in total. The van der Waals surface area contributed by atoms with E-state index in [1.807, 2.05) is 0 Å². The van der Waals surface area contributed by atoms with Gasteiger partial charge in [0.15, 0.2) is 0 Å². The topological polar surface area (TPSA) is 76.7 Å². The molecule has 5 atom stereocenters. The molecule has 0 radical (unpaired) electrons. The number of hydrogen-bond acceptors (Lipinski definition) is 6. The molecule has 192 valence electrons. The van der Waals surface area contributed by atoms with Crippen molar-refractivity contribution in [3.63, 3.8) is 0 Å². The lowest BCUT2D eigenvalue weighted by atomic mass is 9.74. The number of hydrogen-bond donors (Lipinski definition) is 2. The molecule has 0 aromatic carbocycles. The highest BCUT2D eigenvalue weighted by atomic mass is 16.6. The van der Waals surface area contributed by atoms with Gasteiger partial charge < -0.3 is 20.1 Å². The van der Waals surface area contributed by atoms with E-state index in [4.69, 9.17) is 9.47 Å². The Labute approximate surface area is 202 Å². The molecule has 2 fully saturated rings. The van der Waals surface area contributed by atoms with Gasteiger partial charge in [0.2, 0.25) is 0 Å². The zero-order chi connectivity index (χ0) is 25.4. The lowest BCUT2D eigenvalue weighted by molar-refractivity contribution is -0.165. The van der Waals surface area contributed by atoms with Crippen molar-refractivity contribution >= 4 is 11.9 Å². The van der Waals surface area contributed by atoms with E-state index < -0.39 is 5.92 Å². The van der Waals surface area contributed by atoms with Crippen molar-refractivity contribution in [3.8, 4) is 0 Å². The highest BCUT2D eigenvalue weighted by molar-refractivity contribution is 5.79. The summed E-state index contributed by atoms with van der Waals surface area (Å²) in [5.74, 6) is -0.314. The van der Waals surface area contributed by atoms with Crippen molar-refractivity contribution in [2.24, 2.45) is 17.8 Å². The van der Waals surface area contributed by atoms with E-state index in [-0.39, 0.29) is 52.7 Å². The Morgan fingerprint density at radius 1 is 0.727 bits per heavy atom. The molecule has 0 aromatic heterocycles. The van der Waals surface area contributed by atoms with Gasteiger partial charge in [0.1, 0.15) is 12.2 Å². The highest BCUT2D eigenvalue weighted by Crippen LogP contribution is 2.37. The van der Waals surface area contributed by atoms with Crippen LogP contribution in [0.1, 0.15) is 108 Å². The van der Waals surface area contributed by atoms with Crippen LogP contribution >= 0.6 is 0 Å². The maximum atomic E-state index is 12.9. The summed E-state index contributed by atoms with van der Waals surface area (Å²) in [6.07, 6.45) is 2.81. The third-order valence-electron chi connectivity index (χ3n) is 8.03. The molecule has 2 saturated heterocycles. The average Bonchev–Trinajstić information content (AvgIpc) is 2.57. The maximum Gasteiger partial charge on any atom is 0.309 e. The van der Waals surface area contributed by atoms with Crippen LogP contribution in [0.5, 0.6) is 0 Å². The standard InChI is InChI=1S/C27H50N2O4/c1-17(2)26(10)15-20(13-24(6,7)28-26)32-22(30)12-19(5)23(31)33-21-14-25(8,9)29-27(11,16-21)18(3)4/h17-21,28-29H,12-16H2,1-11H3. The molecule has 2 aliphatic heterocycles. The number of nitrogens with one attached hydrogen (secondary N) is 2.